The molecule has 0 aliphatic heterocycles. The summed E-state index contributed by atoms with van der Waals surface area (Å²) in [5, 5.41) is 19.5. The van der Waals surface area contributed by atoms with E-state index in [2.05, 4.69) is 33.8 Å². The number of rotatable bonds is 6. The lowest BCUT2D eigenvalue weighted by Gasteiger charge is -2.58. The predicted molar refractivity (Wildman–Crippen MR) is 120 cm³/mol. The molecule has 0 radical (unpaired) electrons. The van der Waals surface area contributed by atoms with Crippen LogP contribution in [0.25, 0.3) is 0 Å². The van der Waals surface area contributed by atoms with Crippen molar-refractivity contribution in [1.82, 2.24) is 0 Å². The van der Waals surface area contributed by atoms with Gasteiger partial charge < -0.3 is 10.2 Å². The molecule has 1 unspecified atom stereocenters. The molecular weight excluding hydrogens is 356 g/mol. The summed E-state index contributed by atoms with van der Waals surface area (Å²) in [6.07, 6.45) is 16.4. The van der Waals surface area contributed by atoms with Crippen LogP contribution in [0.3, 0.4) is 0 Å². The van der Waals surface area contributed by atoms with Gasteiger partial charge in [-0.15, -0.1) is 0 Å². The first-order valence-electron chi connectivity index (χ1n) is 12.8. The second kappa shape index (κ2) is 8.30. The first-order valence-corrected chi connectivity index (χ1v) is 12.8. The van der Waals surface area contributed by atoms with Gasteiger partial charge in [0.15, 0.2) is 0 Å². The van der Waals surface area contributed by atoms with E-state index in [4.69, 9.17) is 0 Å². The Morgan fingerprint density at radius 1 is 1.03 bits per heavy atom. The maximum absolute atomic E-state index is 10.2. The second-order valence-corrected chi connectivity index (χ2v) is 12.1. The zero-order valence-electron chi connectivity index (χ0n) is 19.5. The summed E-state index contributed by atoms with van der Waals surface area (Å²) in [4.78, 5) is 0. The van der Waals surface area contributed by atoms with E-state index in [9.17, 15) is 10.2 Å². The fourth-order valence-corrected chi connectivity index (χ4v) is 8.70. The van der Waals surface area contributed by atoms with Gasteiger partial charge in [0.2, 0.25) is 0 Å². The number of allylic oxidation sites excluding steroid dienone is 1. The number of aliphatic hydroxyl groups excluding tert-OH is 2. The van der Waals surface area contributed by atoms with Crippen molar-refractivity contribution in [2.45, 2.75) is 104 Å². The summed E-state index contributed by atoms with van der Waals surface area (Å²) >= 11 is 0. The predicted octanol–water partition coefficient (Wildman–Crippen LogP) is 6.36. The molecule has 2 N–H and O–H groups in total. The molecule has 3 saturated carbocycles. The van der Waals surface area contributed by atoms with E-state index in [1.54, 1.807) is 5.57 Å². The molecule has 0 amide bonds. The lowest BCUT2D eigenvalue weighted by molar-refractivity contribution is -0.0573. The molecule has 4 aliphatic rings. The Morgan fingerprint density at radius 2 is 1.83 bits per heavy atom. The SMILES string of the molecule is CC(CO)CCC[C@@H](C)[C@H]1CC[C@H]2[C@@H]3CC=C4C[C@@H](O)CC[C@]4(C)[C@H]3CC[C@]12C. The van der Waals surface area contributed by atoms with Crippen LogP contribution in [0.2, 0.25) is 0 Å². The highest BCUT2D eigenvalue weighted by molar-refractivity contribution is 5.25. The van der Waals surface area contributed by atoms with E-state index in [0.29, 0.717) is 23.4 Å². The standard InChI is InChI=1S/C27H46O2/c1-18(17-28)6-5-7-19(2)23-10-11-24-22-9-8-20-16-21(29)12-14-26(20,3)25(22)13-15-27(23,24)4/h8,18-19,21-25,28-29H,5-7,9-17H2,1-4H3/t18?,19-,21+,22+,23-,24+,25+,26+,27-/m1/s1. The van der Waals surface area contributed by atoms with Crippen molar-refractivity contribution in [3.63, 3.8) is 0 Å². The lowest BCUT2D eigenvalue weighted by atomic mass is 9.47. The third-order valence-electron chi connectivity index (χ3n) is 10.5. The third-order valence-corrected chi connectivity index (χ3v) is 10.5. The van der Waals surface area contributed by atoms with Crippen molar-refractivity contribution in [2.24, 2.45) is 46.3 Å². The normalized spacial score (nSPS) is 46.3. The van der Waals surface area contributed by atoms with E-state index in [-0.39, 0.29) is 6.10 Å². The molecule has 0 bridgehead atoms. The summed E-state index contributed by atoms with van der Waals surface area (Å²) in [5.74, 6) is 4.82. The molecule has 2 nitrogen and oxygen atoms in total. The zero-order valence-corrected chi connectivity index (χ0v) is 19.5. The van der Waals surface area contributed by atoms with Gasteiger partial charge in [-0.25, -0.2) is 0 Å². The molecule has 0 heterocycles. The minimum atomic E-state index is -0.0926. The van der Waals surface area contributed by atoms with Crippen LogP contribution >= 0.6 is 0 Å². The Kier molecular flexibility index (Phi) is 6.26. The molecule has 0 spiro atoms. The van der Waals surface area contributed by atoms with Crippen molar-refractivity contribution in [2.75, 3.05) is 6.61 Å². The molecule has 29 heavy (non-hydrogen) atoms. The zero-order chi connectivity index (χ0) is 20.8. The summed E-state index contributed by atoms with van der Waals surface area (Å²) < 4.78 is 0. The van der Waals surface area contributed by atoms with Gasteiger partial charge in [-0.2, -0.15) is 0 Å². The second-order valence-electron chi connectivity index (χ2n) is 12.1. The fourth-order valence-electron chi connectivity index (χ4n) is 8.70. The van der Waals surface area contributed by atoms with E-state index >= 15 is 0 Å². The van der Waals surface area contributed by atoms with Gasteiger partial charge in [0.25, 0.3) is 0 Å². The molecule has 4 rings (SSSR count). The molecule has 0 aromatic rings. The highest BCUT2D eigenvalue weighted by atomic mass is 16.3. The smallest absolute Gasteiger partial charge is 0.0577 e. The summed E-state index contributed by atoms with van der Waals surface area (Å²) in [6, 6.07) is 0. The first-order chi connectivity index (χ1) is 13.8. The van der Waals surface area contributed by atoms with Crippen LogP contribution in [0.4, 0.5) is 0 Å². The van der Waals surface area contributed by atoms with Crippen molar-refractivity contribution >= 4 is 0 Å². The van der Waals surface area contributed by atoms with E-state index in [1.807, 2.05) is 0 Å². The summed E-state index contributed by atoms with van der Waals surface area (Å²) in [5.41, 5.74) is 2.51. The number of hydrogen-bond acceptors (Lipinski definition) is 2. The molecular formula is C27H46O2. The molecule has 166 valence electrons. The average molecular weight is 403 g/mol. The quantitative estimate of drug-likeness (QED) is 0.507. The average Bonchev–Trinajstić information content (AvgIpc) is 3.05. The van der Waals surface area contributed by atoms with Gasteiger partial charge in [-0.05, 0) is 104 Å². The Balaban J connectivity index is 1.46. The van der Waals surface area contributed by atoms with Crippen LogP contribution in [-0.4, -0.2) is 22.9 Å². The third kappa shape index (κ3) is 3.75. The van der Waals surface area contributed by atoms with Gasteiger partial charge in [0, 0.05) is 6.61 Å². The molecule has 3 fully saturated rings. The largest absolute Gasteiger partial charge is 0.396 e. The van der Waals surface area contributed by atoms with Crippen molar-refractivity contribution < 1.29 is 10.2 Å². The molecule has 4 aliphatic carbocycles. The van der Waals surface area contributed by atoms with Gasteiger partial charge in [-0.1, -0.05) is 52.2 Å². The topological polar surface area (TPSA) is 40.5 Å². The maximum Gasteiger partial charge on any atom is 0.0577 e. The highest BCUT2D eigenvalue weighted by Gasteiger charge is 2.59. The van der Waals surface area contributed by atoms with Crippen LogP contribution in [0.15, 0.2) is 11.6 Å². The summed E-state index contributed by atoms with van der Waals surface area (Å²) in [7, 11) is 0. The summed E-state index contributed by atoms with van der Waals surface area (Å²) in [6.45, 7) is 10.2. The number of hydrogen-bond donors (Lipinski definition) is 2. The minimum absolute atomic E-state index is 0.0926. The Hall–Kier alpha value is -0.340. The van der Waals surface area contributed by atoms with Crippen molar-refractivity contribution in [3.05, 3.63) is 11.6 Å². The lowest BCUT2D eigenvalue weighted by Crippen LogP contribution is -2.50. The van der Waals surface area contributed by atoms with Gasteiger partial charge in [-0.3, -0.25) is 0 Å². The molecule has 0 aromatic carbocycles. The van der Waals surface area contributed by atoms with Gasteiger partial charge in [0.05, 0.1) is 6.10 Å². The van der Waals surface area contributed by atoms with Gasteiger partial charge >= 0.3 is 0 Å². The molecule has 2 heteroatoms. The number of aliphatic hydroxyl groups is 2. The minimum Gasteiger partial charge on any atom is -0.396 e. The Labute approximate surface area is 179 Å². The highest BCUT2D eigenvalue weighted by Crippen LogP contribution is 2.67. The van der Waals surface area contributed by atoms with Crippen LogP contribution in [0.1, 0.15) is 98.3 Å². The van der Waals surface area contributed by atoms with Crippen LogP contribution in [0.5, 0.6) is 0 Å². The van der Waals surface area contributed by atoms with Crippen molar-refractivity contribution in [1.29, 1.82) is 0 Å². The Bertz CT molecular complexity index is 612. The van der Waals surface area contributed by atoms with Gasteiger partial charge in [0.1, 0.15) is 0 Å². The monoisotopic (exact) mass is 402 g/mol. The maximum atomic E-state index is 10.2. The molecule has 0 saturated heterocycles. The van der Waals surface area contributed by atoms with E-state index in [0.717, 1.165) is 42.4 Å². The molecule has 0 aromatic heterocycles. The van der Waals surface area contributed by atoms with E-state index in [1.165, 1.54) is 57.8 Å². The Morgan fingerprint density at radius 3 is 2.59 bits per heavy atom. The first kappa shape index (κ1) is 21.9. The van der Waals surface area contributed by atoms with Crippen LogP contribution in [0, 0.1) is 46.3 Å². The van der Waals surface area contributed by atoms with Crippen molar-refractivity contribution in [3.8, 4) is 0 Å². The van der Waals surface area contributed by atoms with Crippen LogP contribution < -0.4 is 0 Å². The molecule has 9 atom stereocenters. The van der Waals surface area contributed by atoms with Crippen LogP contribution in [-0.2, 0) is 0 Å². The van der Waals surface area contributed by atoms with E-state index < -0.39 is 0 Å². The number of fused-ring (bicyclic) bond motifs is 5. The fraction of sp³-hybridized carbons (Fsp3) is 0.926.